The zero-order chi connectivity index (χ0) is 14.7. The summed E-state index contributed by atoms with van der Waals surface area (Å²) in [6.45, 7) is 9.72. The van der Waals surface area contributed by atoms with Crippen LogP contribution in [0.1, 0.15) is 73.1 Å². The molecule has 0 heterocycles. The highest BCUT2D eigenvalue weighted by Gasteiger charge is 2.33. The number of rotatable bonds is 4. The molecule has 1 fully saturated rings. The van der Waals surface area contributed by atoms with Crippen molar-refractivity contribution in [3.63, 3.8) is 0 Å². The second-order valence-electron chi connectivity index (χ2n) is 7.53. The van der Waals surface area contributed by atoms with Gasteiger partial charge in [-0.25, -0.2) is 0 Å². The predicted molar refractivity (Wildman–Crippen MR) is 77.9 cm³/mol. The average Bonchev–Trinajstić information content (AvgIpc) is 2.24. The van der Waals surface area contributed by atoms with E-state index in [0.29, 0.717) is 6.42 Å². The molecule has 1 saturated carbocycles. The molecule has 0 saturated heterocycles. The van der Waals surface area contributed by atoms with Crippen molar-refractivity contribution in [2.45, 2.75) is 79.2 Å². The smallest absolute Gasteiger partial charge is 0.221 e. The van der Waals surface area contributed by atoms with Crippen LogP contribution in [0.2, 0.25) is 0 Å². The summed E-state index contributed by atoms with van der Waals surface area (Å²) in [6.07, 6.45) is 6.53. The van der Waals surface area contributed by atoms with Crippen molar-refractivity contribution in [1.29, 1.82) is 0 Å². The molecule has 1 amide bonds. The molecule has 0 bridgehead atoms. The third-order valence-electron chi connectivity index (χ3n) is 4.23. The molecule has 1 aliphatic rings. The first-order valence-corrected chi connectivity index (χ1v) is 7.44. The topological polar surface area (TPSA) is 46.2 Å². The lowest BCUT2D eigenvalue weighted by atomic mass is 9.73. The number of amides is 1. The van der Waals surface area contributed by atoms with Gasteiger partial charge in [-0.2, -0.15) is 0 Å². The summed E-state index contributed by atoms with van der Waals surface area (Å²) in [6, 6.07) is -0.382. The minimum Gasteiger partial charge on any atom is -0.346 e. The van der Waals surface area contributed by atoms with Gasteiger partial charge in [-0.1, -0.05) is 47.0 Å². The Kier molecular flexibility index (Phi) is 5.17. The maximum absolute atomic E-state index is 12.2. The fraction of sp³-hybridized carbons (Fsp3) is 0.875. The Morgan fingerprint density at radius 3 is 2.11 bits per heavy atom. The standard InChI is InChI=1S/C16H29NO2/c1-12(18)14(15(2,3)4)17-13(19)11-16(5)9-7-6-8-10-16/h14H,6-11H2,1-5H3,(H,17,19). The molecule has 0 aromatic heterocycles. The van der Waals surface area contributed by atoms with Crippen molar-refractivity contribution in [3.8, 4) is 0 Å². The van der Waals surface area contributed by atoms with E-state index in [9.17, 15) is 9.59 Å². The van der Waals surface area contributed by atoms with Crippen molar-refractivity contribution < 1.29 is 9.59 Å². The Morgan fingerprint density at radius 1 is 1.16 bits per heavy atom. The van der Waals surface area contributed by atoms with E-state index in [-0.39, 0.29) is 28.6 Å². The van der Waals surface area contributed by atoms with Gasteiger partial charge in [-0.3, -0.25) is 9.59 Å². The summed E-state index contributed by atoms with van der Waals surface area (Å²) < 4.78 is 0. The zero-order valence-electron chi connectivity index (χ0n) is 13.1. The number of hydrogen-bond acceptors (Lipinski definition) is 2. The second kappa shape index (κ2) is 6.06. The van der Waals surface area contributed by atoms with Crippen molar-refractivity contribution in [1.82, 2.24) is 5.32 Å². The summed E-state index contributed by atoms with van der Waals surface area (Å²) in [7, 11) is 0. The Bertz CT molecular complexity index is 335. The van der Waals surface area contributed by atoms with E-state index in [1.807, 2.05) is 20.8 Å². The lowest BCUT2D eigenvalue weighted by molar-refractivity contribution is -0.130. The first kappa shape index (κ1) is 16.2. The third-order valence-corrected chi connectivity index (χ3v) is 4.23. The summed E-state index contributed by atoms with van der Waals surface area (Å²) in [5, 5.41) is 2.94. The molecule has 1 atom stereocenters. The number of Topliss-reactive ketones (excluding diaryl/α,β-unsaturated/α-hetero) is 1. The van der Waals surface area contributed by atoms with Crippen LogP contribution in [-0.4, -0.2) is 17.7 Å². The first-order chi connectivity index (χ1) is 8.64. The Morgan fingerprint density at radius 2 is 1.68 bits per heavy atom. The molecule has 110 valence electrons. The van der Waals surface area contributed by atoms with E-state index in [4.69, 9.17) is 0 Å². The SMILES string of the molecule is CC(=O)C(NC(=O)CC1(C)CCCCC1)C(C)(C)C. The van der Waals surface area contributed by atoms with Crippen molar-refractivity contribution in [2.75, 3.05) is 0 Å². The van der Waals surface area contributed by atoms with Gasteiger partial charge in [0.05, 0.1) is 6.04 Å². The minimum absolute atomic E-state index is 0.0273. The quantitative estimate of drug-likeness (QED) is 0.847. The summed E-state index contributed by atoms with van der Waals surface area (Å²) >= 11 is 0. The highest BCUT2D eigenvalue weighted by Crippen LogP contribution is 2.38. The van der Waals surface area contributed by atoms with Gasteiger partial charge < -0.3 is 5.32 Å². The molecule has 19 heavy (non-hydrogen) atoms. The van der Waals surface area contributed by atoms with Crippen LogP contribution in [0.4, 0.5) is 0 Å². The van der Waals surface area contributed by atoms with Gasteiger partial charge in [0.15, 0.2) is 5.78 Å². The first-order valence-electron chi connectivity index (χ1n) is 7.44. The fourth-order valence-electron chi connectivity index (χ4n) is 3.11. The Balaban J connectivity index is 2.60. The van der Waals surface area contributed by atoms with Gasteiger partial charge >= 0.3 is 0 Å². The van der Waals surface area contributed by atoms with Crippen LogP contribution in [0.25, 0.3) is 0 Å². The highest BCUT2D eigenvalue weighted by atomic mass is 16.2. The molecule has 1 rings (SSSR count). The lowest BCUT2D eigenvalue weighted by Crippen LogP contribution is -2.49. The van der Waals surface area contributed by atoms with Crippen LogP contribution in [0.5, 0.6) is 0 Å². The lowest BCUT2D eigenvalue weighted by Gasteiger charge is -2.35. The maximum Gasteiger partial charge on any atom is 0.221 e. The second-order valence-corrected chi connectivity index (χ2v) is 7.53. The third kappa shape index (κ3) is 4.96. The van der Waals surface area contributed by atoms with E-state index in [2.05, 4.69) is 12.2 Å². The maximum atomic E-state index is 12.2. The van der Waals surface area contributed by atoms with Crippen LogP contribution >= 0.6 is 0 Å². The molecule has 0 aromatic rings. The van der Waals surface area contributed by atoms with Crippen LogP contribution in [0.15, 0.2) is 0 Å². The van der Waals surface area contributed by atoms with Crippen LogP contribution in [0.3, 0.4) is 0 Å². The van der Waals surface area contributed by atoms with E-state index < -0.39 is 0 Å². The van der Waals surface area contributed by atoms with E-state index in [0.717, 1.165) is 12.8 Å². The summed E-state index contributed by atoms with van der Waals surface area (Å²) in [4.78, 5) is 23.9. The number of ketones is 1. The summed E-state index contributed by atoms with van der Waals surface area (Å²) in [5.41, 5.74) is -0.101. The van der Waals surface area contributed by atoms with Crippen LogP contribution < -0.4 is 5.32 Å². The molecule has 3 heteroatoms. The van der Waals surface area contributed by atoms with Crippen LogP contribution in [0, 0.1) is 10.8 Å². The number of carbonyl (C=O) groups is 2. The molecule has 1 N–H and O–H groups in total. The van der Waals surface area contributed by atoms with Gasteiger partial charge in [0.2, 0.25) is 5.91 Å². The highest BCUT2D eigenvalue weighted by molar-refractivity contribution is 5.88. The molecule has 0 spiro atoms. The molecule has 3 nitrogen and oxygen atoms in total. The number of nitrogens with one attached hydrogen (secondary N) is 1. The molecule has 0 aliphatic heterocycles. The van der Waals surface area contributed by atoms with Gasteiger partial charge in [0.25, 0.3) is 0 Å². The Labute approximate surface area is 117 Å². The van der Waals surface area contributed by atoms with E-state index >= 15 is 0 Å². The largest absolute Gasteiger partial charge is 0.346 e. The molecule has 1 unspecified atom stereocenters. The molecule has 0 aromatic carbocycles. The molecule has 1 aliphatic carbocycles. The normalized spacial score (nSPS) is 20.7. The van der Waals surface area contributed by atoms with E-state index in [1.54, 1.807) is 6.92 Å². The molecular formula is C16H29NO2. The average molecular weight is 267 g/mol. The number of carbonyl (C=O) groups excluding carboxylic acids is 2. The predicted octanol–water partition coefficient (Wildman–Crippen LogP) is 3.47. The summed E-state index contributed by atoms with van der Waals surface area (Å²) in [5.74, 6) is 0.0640. The zero-order valence-corrected chi connectivity index (χ0v) is 13.1. The van der Waals surface area contributed by atoms with Crippen molar-refractivity contribution in [3.05, 3.63) is 0 Å². The monoisotopic (exact) mass is 267 g/mol. The number of hydrogen-bond donors (Lipinski definition) is 1. The van der Waals surface area contributed by atoms with Gasteiger partial charge in [-0.05, 0) is 30.6 Å². The van der Waals surface area contributed by atoms with Gasteiger partial charge in [0.1, 0.15) is 0 Å². The van der Waals surface area contributed by atoms with Gasteiger partial charge in [0, 0.05) is 6.42 Å². The minimum atomic E-state index is -0.382. The fourth-order valence-corrected chi connectivity index (χ4v) is 3.11. The molecular weight excluding hydrogens is 238 g/mol. The molecule has 0 radical (unpaired) electrons. The Hall–Kier alpha value is -0.860. The van der Waals surface area contributed by atoms with E-state index in [1.165, 1.54) is 19.3 Å². The van der Waals surface area contributed by atoms with Crippen molar-refractivity contribution >= 4 is 11.7 Å². The van der Waals surface area contributed by atoms with Crippen LogP contribution in [-0.2, 0) is 9.59 Å². The van der Waals surface area contributed by atoms with Crippen molar-refractivity contribution in [2.24, 2.45) is 10.8 Å². The van der Waals surface area contributed by atoms with Gasteiger partial charge in [-0.15, -0.1) is 0 Å².